The zero-order valence-electron chi connectivity index (χ0n) is 19.1. The Balaban J connectivity index is 1.66. The number of nitro benzene ring substituents is 1. The Morgan fingerprint density at radius 1 is 0.853 bits per heavy atom. The van der Waals surface area contributed by atoms with Crippen LogP contribution in [0.2, 0.25) is 0 Å². The molecule has 2 aliphatic rings. The summed E-state index contributed by atoms with van der Waals surface area (Å²) in [5.41, 5.74) is 1.67. The molecule has 5 rings (SSSR count). The smallest absolute Gasteiger partial charge is 0.282 e. The molecule has 172 valence electrons. The number of amides is 2. The van der Waals surface area contributed by atoms with Gasteiger partial charge in [0.15, 0.2) is 0 Å². The van der Waals surface area contributed by atoms with E-state index in [1.54, 1.807) is 18.2 Å². The molecule has 0 spiro atoms. The standard InChI is InChI=1S/C27H25N3O4/c1-17-14-18(2)16-28(15-17)25-24(20-10-12-21(13-11-20)30(33)34)26(31)29(27(25)32)23-9-5-7-19-6-3-4-8-22(19)23/h3-13,17-18H,14-16H2,1-2H3. The molecule has 2 unspecified atom stereocenters. The van der Waals surface area contributed by atoms with Gasteiger partial charge in [0.05, 0.1) is 16.2 Å². The van der Waals surface area contributed by atoms with Crippen molar-refractivity contribution in [1.29, 1.82) is 0 Å². The van der Waals surface area contributed by atoms with Gasteiger partial charge in [-0.3, -0.25) is 19.7 Å². The zero-order chi connectivity index (χ0) is 24.0. The Morgan fingerprint density at radius 2 is 1.50 bits per heavy atom. The number of fused-ring (bicyclic) bond motifs is 1. The topological polar surface area (TPSA) is 83.8 Å². The summed E-state index contributed by atoms with van der Waals surface area (Å²) in [4.78, 5) is 41.8. The molecule has 0 saturated carbocycles. The number of benzene rings is 3. The molecule has 0 aromatic heterocycles. The van der Waals surface area contributed by atoms with Crippen LogP contribution >= 0.6 is 0 Å². The maximum Gasteiger partial charge on any atom is 0.282 e. The average molecular weight is 456 g/mol. The van der Waals surface area contributed by atoms with Crippen molar-refractivity contribution in [3.8, 4) is 0 Å². The molecule has 0 aliphatic carbocycles. The minimum absolute atomic E-state index is 0.0613. The molecule has 0 N–H and O–H groups in total. The summed E-state index contributed by atoms with van der Waals surface area (Å²) in [7, 11) is 0. The SMILES string of the molecule is CC1CC(C)CN(C2=C(c3ccc([N+](=O)[O-])cc3)C(=O)N(c3cccc4ccccc34)C2=O)C1. The molecule has 34 heavy (non-hydrogen) atoms. The number of piperidine rings is 1. The molecule has 0 bridgehead atoms. The number of anilines is 1. The fraction of sp³-hybridized carbons (Fsp3) is 0.259. The first-order valence-corrected chi connectivity index (χ1v) is 11.5. The Kier molecular flexibility index (Phi) is 5.40. The second-order valence-electron chi connectivity index (χ2n) is 9.32. The highest BCUT2D eigenvalue weighted by Gasteiger charge is 2.44. The van der Waals surface area contributed by atoms with Gasteiger partial charge in [-0.15, -0.1) is 0 Å². The van der Waals surface area contributed by atoms with E-state index in [0.717, 1.165) is 17.2 Å². The predicted molar refractivity (Wildman–Crippen MR) is 131 cm³/mol. The number of rotatable bonds is 4. The van der Waals surface area contributed by atoms with Gasteiger partial charge in [-0.05, 0) is 47.4 Å². The molecule has 0 radical (unpaired) electrons. The lowest BCUT2D eigenvalue weighted by molar-refractivity contribution is -0.384. The van der Waals surface area contributed by atoms with Crippen LogP contribution in [0.3, 0.4) is 0 Å². The van der Waals surface area contributed by atoms with Gasteiger partial charge in [-0.25, -0.2) is 4.90 Å². The van der Waals surface area contributed by atoms with Crippen LogP contribution < -0.4 is 4.90 Å². The number of carbonyl (C=O) groups is 2. The summed E-state index contributed by atoms with van der Waals surface area (Å²) >= 11 is 0. The van der Waals surface area contributed by atoms with Crippen molar-refractivity contribution in [2.75, 3.05) is 18.0 Å². The molecule has 3 aromatic rings. The fourth-order valence-corrected chi connectivity index (χ4v) is 5.29. The van der Waals surface area contributed by atoms with E-state index in [4.69, 9.17) is 0 Å². The second-order valence-corrected chi connectivity index (χ2v) is 9.32. The highest BCUT2D eigenvalue weighted by Crippen LogP contribution is 2.39. The van der Waals surface area contributed by atoms with E-state index in [-0.39, 0.29) is 11.6 Å². The van der Waals surface area contributed by atoms with Crippen molar-refractivity contribution in [3.05, 3.63) is 88.1 Å². The van der Waals surface area contributed by atoms with Crippen molar-refractivity contribution in [2.45, 2.75) is 20.3 Å². The van der Waals surface area contributed by atoms with Crippen LogP contribution in [0.25, 0.3) is 16.3 Å². The number of non-ortho nitro benzene ring substituents is 1. The van der Waals surface area contributed by atoms with E-state index in [1.165, 1.54) is 17.0 Å². The maximum atomic E-state index is 13.9. The number of nitrogens with zero attached hydrogens (tertiary/aromatic N) is 3. The molecule has 1 fully saturated rings. The van der Waals surface area contributed by atoms with E-state index in [9.17, 15) is 19.7 Å². The third-order valence-electron chi connectivity index (χ3n) is 6.62. The highest BCUT2D eigenvalue weighted by atomic mass is 16.6. The summed E-state index contributed by atoms with van der Waals surface area (Å²) in [6.07, 6.45) is 1.06. The van der Waals surface area contributed by atoms with Crippen molar-refractivity contribution in [3.63, 3.8) is 0 Å². The monoisotopic (exact) mass is 455 g/mol. The quantitative estimate of drug-likeness (QED) is 0.314. The predicted octanol–water partition coefficient (Wildman–Crippen LogP) is 5.01. The number of likely N-dealkylation sites (tertiary alicyclic amines) is 1. The Labute approximate surface area is 197 Å². The highest BCUT2D eigenvalue weighted by molar-refractivity contribution is 6.46. The van der Waals surface area contributed by atoms with E-state index in [1.807, 2.05) is 41.3 Å². The van der Waals surface area contributed by atoms with Gasteiger partial charge in [0, 0.05) is 30.6 Å². The number of imide groups is 1. The van der Waals surface area contributed by atoms with Crippen LogP contribution in [-0.2, 0) is 9.59 Å². The maximum absolute atomic E-state index is 13.9. The van der Waals surface area contributed by atoms with E-state index in [0.29, 0.717) is 47.4 Å². The van der Waals surface area contributed by atoms with Crippen molar-refractivity contribution in [2.24, 2.45) is 11.8 Å². The van der Waals surface area contributed by atoms with Crippen LogP contribution in [0.15, 0.2) is 72.4 Å². The van der Waals surface area contributed by atoms with E-state index < -0.39 is 10.8 Å². The van der Waals surface area contributed by atoms with Gasteiger partial charge in [-0.2, -0.15) is 0 Å². The number of carbonyl (C=O) groups excluding carboxylic acids is 2. The summed E-state index contributed by atoms with van der Waals surface area (Å²) in [5.74, 6) is -0.000159. The molecule has 2 heterocycles. The summed E-state index contributed by atoms with van der Waals surface area (Å²) in [5, 5.41) is 12.9. The lowest BCUT2D eigenvalue weighted by atomic mass is 9.91. The van der Waals surface area contributed by atoms with Gasteiger partial charge < -0.3 is 4.90 Å². The zero-order valence-corrected chi connectivity index (χ0v) is 19.1. The van der Waals surface area contributed by atoms with Gasteiger partial charge >= 0.3 is 0 Å². The lowest BCUT2D eigenvalue weighted by Gasteiger charge is -2.37. The molecule has 2 aliphatic heterocycles. The molecule has 7 heteroatoms. The molecular weight excluding hydrogens is 430 g/mol. The molecule has 2 amide bonds. The molecule has 2 atom stereocenters. The number of hydrogen-bond donors (Lipinski definition) is 0. The number of nitro groups is 1. The largest absolute Gasteiger partial charge is 0.366 e. The van der Waals surface area contributed by atoms with E-state index in [2.05, 4.69) is 13.8 Å². The lowest BCUT2D eigenvalue weighted by Crippen LogP contribution is -2.42. The first-order chi connectivity index (χ1) is 16.3. The van der Waals surface area contributed by atoms with Crippen LogP contribution in [0, 0.1) is 22.0 Å². The minimum Gasteiger partial charge on any atom is -0.366 e. The first kappa shape index (κ1) is 21.8. The molecule has 1 saturated heterocycles. The van der Waals surface area contributed by atoms with Crippen LogP contribution in [0.4, 0.5) is 11.4 Å². The summed E-state index contributed by atoms with van der Waals surface area (Å²) in [6.45, 7) is 5.66. The number of hydrogen-bond acceptors (Lipinski definition) is 5. The van der Waals surface area contributed by atoms with Crippen LogP contribution in [0.5, 0.6) is 0 Å². The van der Waals surface area contributed by atoms with Gasteiger partial charge in [0.2, 0.25) is 0 Å². The summed E-state index contributed by atoms with van der Waals surface area (Å²) in [6, 6.07) is 19.1. The van der Waals surface area contributed by atoms with Crippen molar-refractivity contribution < 1.29 is 14.5 Å². The van der Waals surface area contributed by atoms with Crippen molar-refractivity contribution in [1.82, 2.24) is 4.90 Å². The molecule has 7 nitrogen and oxygen atoms in total. The van der Waals surface area contributed by atoms with Gasteiger partial charge in [0.25, 0.3) is 17.5 Å². The van der Waals surface area contributed by atoms with Crippen LogP contribution in [-0.4, -0.2) is 34.7 Å². The minimum atomic E-state index is -0.475. The normalized spacial score (nSPS) is 21.0. The van der Waals surface area contributed by atoms with E-state index >= 15 is 0 Å². The van der Waals surface area contributed by atoms with Gasteiger partial charge in [0.1, 0.15) is 5.70 Å². The van der Waals surface area contributed by atoms with Crippen molar-refractivity contribution >= 4 is 39.5 Å². The van der Waals surface area contributed by atoms with Crippen LogP contribution in [0.1, 0.15) is 25.8 Å². The third kappa shape index (κ3) is 3.63. The average Bonchev–Trinajstić information content (AvgIpc) is 3.08. The Bertz CT molecular complexity index is 1330. The first-order valence-electron chi connectivity index (χ1n) is 11.5. The second kappa shape index (κ2) is 8.41. The van der Waals surface area contributed by atoms with Gasteiger partial charge in [-0.1, -0.05) is 50.2 Å². The molecular formula is C27H25N3O4. The summed E-state index contributed by atoms with van der Waals surface area (Å²) < 4.78 is 0. The Hall–Kier alpha value is -4.00. The Morgan fingerprint density at radius 3 is 2.18 bits per heavy atom. The fourth-order valence-electron chi connectivity index (χ4n) is 5.29. The third-order valence-corrected chi connectivity index (χ3v) is 6.62. The molecule has 3 aromatic carbocycles.